The predicted octanol–water partition coefficient (Wildman–Crippen LogP) is 6.21. The first kappa shape index (κ1) is 54.2. The largest absolute Gasteiger partial charge is 2.00 e. The van der Waals surface area contributed by atoms with Gasteiger partial charge in [-0.25, -0.2) is 9.59 Å². The molecule has 2 rings (SSSR count). The van der Waals surface area contributed by atoms with Gasteiger partial charge in [0.25, 0.3) is 11.1 Å². The van der Waals surface area contributed by atoms with E-state index >= 15 is 0 Å². The summed E-state index contributed by atoms with van der Waals surface area (Å²) in [6.07, 6.45) is 33.5. The maximum atomic E-state index is 11.9. The van der Waals surface area contributed by atoms with Crippen LogP contribution in [0.15, 0.2) is 31.3 Å². The minimum atomic E-state index is -0.414. The third-order valence-corrected chi connectivity index (χ3v) is 9.60. The van der Waals surface area contributed by atoms with Crippen molar-refractivity contribution in [3.8, 4) is 0 Å². The normalized spacial score (nSPS) is 10.4. The van der Waals surface area contributed by atoms with Crippen molar-refractivity contribution in [1.29, 1.82) is 0 Å². The van der Waals surface area contributed by atoms with E-state index in [1.54, 1.807) is 17.7 Å². The topological polar surface area (TPSA) is 88.0 Å². The van der Waals surface area contributed by atoms with Crippen molar-refractivity contribution in [2.45, 2.75) is 174 Å². The fourth-order valence-corrected chi connectivity index (χ4v) is 5.88. The van der Waals surface area contributed by atoms with E-state index in [4.69, 9.17) is 11.6 Å². The molecular formula is C40H72BrClMgN4O4. The summed E-state index contributed by atoms with van der Waals surface area (Å²) in [4.78, 5) is 45.5. The summed E-state index contributed by atoms with van der Waals surface area (Å²) in [5.41, 5.74) is -0.376. The molecule has 11 heteroatoms. The van der Waals surface area contributed by atoms with E-state index in [1.807, 2.05) is 0 Å². The molecule has 2 heterocycles. The van der Waals surface area contributed by atoms with Crippen LogP contribution in [0.2, 0.25) is 5.15 Å². The zero-order valence-electron chi connectivity index (χ0n) is 33.4. The predicted molar refractivity (Wildman–Crippen MR) is 216 cm³/mol. The van der Waals surface area contributed by atoms with Crippen molar-refractivity contribution >= 4 is 34.7 Å². The van der Waals surface area contributed by atoms with E-state index in [2.05, 4.69) is 20.8 Å². The second-order valence-electron chi connectivity index (χ2n) is 13.6. The molecular weight excluding hydrogens is 740 g/mol. The van der Waals surface area contributed by atoms with Crippen LogP contribution >= 0.6 is 11.6 Å². The van der Waals surface area contributed by atoms with Crippen LogP contribution in [0, 0.1) is 6.92 Å². The number of unbranched alkanes of at least 4 members (excludes halogenated alkanes) is 22. The molecule has 0 radical (unpaired) electrons. The van der Waals surface area contributed by atoms with Crippen LogP contribution in [-0.4, -0.2) is 41.3 Å². The average molecular weight is 813 g/mol. The van der Waals surface area contributed by atoms with Crippen molar-refractivity contribution in [3.05, 3.63) is 71.6 Å². The second-order valence-corrected chi connectivity index (χ2v) is 14.0. The number of nitrogens with zero attached hydrogens (tertiary/aromatic N) is 4. The molecule has 0 spiro atoms. The number of rotatable bonds is 24. The minimum absolute atomic E-state index is 0. The second kappa shape index (κ2) is 35.9. The maximum Gasteiger partial charge on any atom is 2.00 e. The first-order valence-corrected chi connectivity index (χ1v) is 19.9. The average Bonchev–Trinajstić information content (AvgIpc) is 3.09. The summed E-state index contributed by atoms with van der Waals surface area (Å²) in [7, 11) is 6.18. The van der Waals surface area contributed by atoms with Crippen LogP contribution in [0.1, 0.15) is 174 Å². The van der Waals surface area contributed by atoms with Crippen molar-refractivity contribution in [1.82, 2.24) is 18.3 Å². The Balaban J connectivity index is -0.000000727. The molecule has 2 aromatic heterocycles. The van der Waals surface area contributed by atoms with Crippen LogP contribution in [-0.2, 0) is 34.6 Å². The smallest absolute Gasteiger partial charge is 1.00 e. The Morgan fingerprint density at radius 1 is 0.490 bits per heavy atom. The van der Waals surface area contributed by atoms with E-state index in [9.17, 15) is 19.2 Å². The number of aryl methyl sites for hydroxylation is 1. The third-order valence-electron chi connectivity index (χ3n) is 9.23. The molecule has 0 aromatic carbocycles. The molecule has 8 nitrogen and oxygen atoms in total. The monoisotopic (exact) mass is 810 g/mol. The molecule has 0 bridgehead atoms. The molecule has 292 valence electrons. The standard InChI is InChI=1S/C20H36N2O2.C14H29.C6H7ClN2O2.BrH.Mg/c1-4-5-6-7-8-9-10-11-12-13-14-15-16-18-17-19(23)22(3)20(24)21(18)2;1-3-5-7-9-11-13-14-12-10-8-6-4-2;1-8-4(7)3-5(10)9(2)6(8)11;;/h17H,4-16H2,1-3H3;1,3-14H2,2H3;3H,1-2H3;1H;/q;-1;;;+2/p-1. The molecule has 0 saturated heterocycles. The third kappa shape index (κ3) is 26.3. The molecule has 0 N–H and O–H groups in total. The molecule has 0 fully saturated rings. The van der Waals surface area contributed by atoms with Gasteiger partial charge in [0.1, 0.15) is 5.15 Å². The molecule has 0 atom stereocenters. The Morgan fingerprint density at radius 3 is 1.18 bits per heavy atom. The van der Waals surface area contributed by atoms with E-state index in [1.165, 1.54) is 173 Å². The Labute approximate surface area is 342 Å². The van der Waals surface area contributed by atoms with Gasteiger partial charge in [-0.3, -0.25) is 23.3 Å². The van der Waals surface area contributed by atoms with Crippen LogP contribution < -0.4 is 39.5 Å². The molecule has 51 heavy (non-hydrogen) atoms. The number of hydrogen-bond donors (Lipinski definition) is 0. The quantitative estimate of drug-likeness (QED) is 0.0547. The number of aromatic nitrogens is 4. The molecule has 2 aromatic rings. The Morgan fingerprint density at radius 2 is 0.804 bits per heavy atom. The first-order chi connectivity index (χ1) is 23.5. The van der Waals surface area contributed by atoms with E-state index < -0.39 is 11.2 Å². The van der Waals surface area contributed by atoms with Gasteiger partial charge >= 0.3 is 34.4 Å². The van der Waals surface area contributed by atoms with Crippen molar-refractivity contribution in [2.24, 2.45) is 28.2 Å². The van der Waals surface area contributed by atoms with Gasteiger partial charge in [-0.05, 0) is 12.8 Å². The van der Waals surface area contributed by atoms with Crippen molar-refractivity contribution in [2.75, 3.05) is 0 Å². The maximum absolute atomic E-state index is 11.9. The molecule has 0 aliphatic carbocycles. The van der Waals surface area contributed by atoms with Gasteiger partial charge in [0.05, 0.1) is 0 Å². The van der Waals surface area contributed by atoms with Gasteiger partial charge in [0.15, 0.2) is 0 Å². The van der Waals surface area contributed by atoms with Gasteiger partial charge in [-0.1, -0.05) is 167 Å². The van der Waals surface area contributed by atoms with Crippen molar-refractivity contribution in [3.63, 3.8) is 0 Å². The van der Waals surface area contributed by atoms with Crippen LogP contribution in [0.4, 0.5) is 0 Å². The summed E-state index contributed by atoms with van der Waals surface area (Å²) in [6, 6.07) is 2.79. The molecule has 0 aliphatic rings. The van der Waals surface area contributed by atoms with E-state index in [0.29, 0.717) is 0 Å². The summed E-state index contributed by atoms with van der Waals surface area (Å²) < 4.78 is 4.94. The summed E-state index contributed by atoms with van der Waals surface area (Å²) in [6.45, 7) is 8.40. The van der Waals surface area contributed by atoms with Gasteiger partial charge in [0.2, 0.25) is 0 Å². The Kier molecular flexibility index (Phi) is 38.2. The number of hydrogen-bond acceptors (Lipinski definition) is 4. The van der Waals surface area contributed by atoms with Crippen LogP contribution in [0.25, 0.3) is 0 Å². The van der Waals surface area contributed by atoms with Gasteiger partial charge < -0.3 is 28.5 Å². The Bertz CT molecular complexity index is 1340. The fraction of sp³-hybridized carbons (Fsp3) is 0.775. The van der Waals surface area contributed by atoms with Gasteiger partial charge in [-0.15, -0.1) is 0 Å². The minimum Gasteiger partial charge on any atom is -1.00 e. The van der Waals surface area contributed by atoms with Crippen LogP contribution in [0.5, 0.6) is 0 Å². The first-order valence-electron chi connectivity index (χ1n) is 19.5. The molecule has 0 saturated carbocycles. The molecule has 0 aliphatic heterocycles. The van der Waals surface area contributed by atoms with E-state index in [-0.39, 0.29) is 56.4 Å². The van der Waals surface area contributed by atoms with Gasteiger partial charge in [-0.2, -0.15) is 6.42 Å². The zero-order chi connectivity index (χ0) is 36.9. The summed E-state index contributed by atoms with van der Waals surface area (Å²) in [5.74, 6) is 0. The summed E-state index contributed by atoms with van der Waals surface area (Å²) >= 11 is 5.54. The van der Waals surface area contributed by atoms with Crippen molar-refractivity contribution < 1.29 is 17.0 Å². The Hall–Kier alpha value is -1.10. The zero-order valence-corrected chi connectivity index (χ0v) is 37.2. The molecule has 0 amide bonds. The van der Waals surface area contributed by atoms with Crippen LogP contribution in [0.3, 0.4) is 0 Å². The van der Waals surface area contributed by atoms with Gasteiger partial charge in [0, 0.05) is 46.0 Å². The number of halogens is 2. The summed E-state index contributed by atoms with van der Waals surface area (Å²) in [5, 5.41) is 0.151. The van der Waals surface area contributed by atoms with E-state index in [0.717, 1.165) is 34.1 Å². The SMILES string of the molecule is CCCCCCCCCCCCCCc1cc(=O)n(C)c(=O)n1C.Cn1c(Cl)cc(=O)n(C)c1=O.[Br-].[CH2-]CCCCCCCCCCCCC.[Mg+2]. The molecule has 0 unspecified atom stereocenters. The fourth-order valence-electron chi connectivity index (χ4n) is 5.71.